The number of piperazine rings is 1. The predicted octanol–water partition coefficient (Wildman–Crippen LogP) is 2.49. The summed E-state index contributed by atoms with van der Waals surface area (Å²) < 4.78 is 16.3. The fraction of sp³-hybridized carbons (Fsp3) is 0.455. The Morgan fingerprint density at radius 1 is 0.857 bits per heavy atom. The summed E-state index contributed by atoms with van der Waals surface area (Å²) in [6, 6.07) is 12.2. The van der Waals surface area contributed by atoms with Crippen molar-refractivity contribution >= 4 is 5.69 Å². The van der Waals surface area contributed by atoms with Crippen molar-refractivity contribution in [2.24, 2.45) is 0 Å². The lowest BCUT2D eigenvalue weighted by atomic mass is 10.1. The molecule has 1 aliphatic heterocycles. The van der Waals surface area contributed by atoms with Crippen molar-refractivity contribution in [2.75, 3.05) is 52.4 Å². The molecule has 0 saturated carbocycles. The van der Waals surface area contributed by atoms with E-state index < -0.39 is 6.10 Å². The highest BCUT2D eigenvalue weighted by atomic mass is 16.5. The van der Waals surface area contributed by atoms with Gasteiger partial charge in [-0.1, -0.05) is 12.1 Å². The van der Waals surface area contributed by atoms with E-state index in [4.69, 9.17) is 14.2 Å². The van der Waals surface area contributed by atoms with Crippen LogP contribution in [0.3, 0.4) is 0 Å². The van der Waals surface area contributed by atoms with Gasteiger partial charge in [0.15, 0.2) is 11.5 Å². The quantitative estimate of drug-likeness (QED) is 0.855. The summed E-state index contributed by atoms with van der Waals surface area (Å²) in [7, 11) is 4.98. The van der Waals surface area contributed by atoms with Crippen molar-refractivity contribution in [3.05, 3.63) is 47.5 Å². The first-order valence-electron chi connectivity index (χ1n) is 9.71. The van der Waals surface area contributed by atoms with Crippen LogP contribution in [0.15, 0.2) is 36.4 Å². The Kier molecular flexibility index (Phi) is 5.33. The van der Waals surface area contributed by atoms with Crippen LogP contribution < -0.4 is 19.1 Å². The summed E-state index contributed by atoms with van der Waals surface area (Å²) in [6.45, 7) is 3.63. The molecule has 0 spiro atoms. The maximum atomic E-state index is 11.0. The number of methoxy groups -OCH3 is 3. The zero-order valence-electron chi connectivity index (χ0n) is 16.7. The monoisotopic (exact) mass is 384 g/mol. The molecule has 150 valence electrons. The molecule has 1 N–H and O–H groups in total. The van der Waals surface area contributed by atoms with Crippen molar-refractivity contribution < 1.29 is 19.3 Å². The molecule has 6 nitrogen and oxygen atoms in total. The van der Waals surface area contributed by atoms with E-state index in [1.54, 1.807) is 21.3 Å². The van der Waals surface area contributed by atoms with Gasteiger partial charge in [0.2, 0.25) is 0 Å². The number of benzene rings is 2. The molecular weight excluding hydrogens is 356 g/mol. The largest absolute Gasteiger partial charge is 0.495 e. The smallest absolute Gasteiger partial charge is 0.161 e. The van der Waals surface area contributed by atoms with Crippen LogP contribution in [0, 0.1) is 0 Å². The number of hydrogen-bond acceptors (Lipinski definition) is 6. The number of para-hydroxylation sites is 2. The van der Waals surface area contributed by atoms with Crippen molar-refractivity contribution in [3.8, 4) is 17.2 Å². The molecule has 28 heavy (non-hydrogen) atoms. The second-order valence-electron chi connectivity index (χ2n) is 7.32. The van der Waals surface area contributed by atoms with E-state index in [0.717, 1.165) is 60.9 Å². The third-order valence-electron chi connectivity index (χ3n) is 5.97. The molecule has 4 rings (SSSR count). The van der Waals surface area contributed by atoms with Gasteiger partial charge in [0.25, 0.3) is 0 Å². The van der Waals surface area contributed by atoms with Gasteiger partial charge in [-0.25, -0.2) is 0 Å². The van der Waals surface area contributed by atoms with Crippen LogP contribution in [0.25, 0.3) is 0 Å². The summed E-state index contributed by atoms with van der Waals surface area (Å²) >= 11 is 0. The molecule has 2 aliphatic rings. The third-order valence-corrected chi connectivity index (χ3v) is 5.97. The summed E-state index contributed by atoms with van der Waals surface area (Å²) in [5, 5.41) is 11.0. The number of ether oxygens (including phenoxy) is 3. The number of anilines is 1. The van der Waals surface area contributed by atoms with Crippen LogP contribution in [0.4, 0.5) is 5.69 Å². The van der Waals surface area contributed by atoms with E-state index in [-0.39, 0.29) is 6.04 Å². The van der Waals surface area contributed by atoms with Gasteiger partial charge in [0.05, 0.1) is 33.1 Å². The molecule has 0 aromatic heterocycles. The van der Waals surface area contributed by atoms with Gasteiger partial charge in [0.1, 0.15) is 5.75 Å². The van der Waals surface area contributed by atoms with Crippen LogP contribution in [-0.4, -0.2) is 63.6 Å². The van der Waals surface area contributed by atoms with Crippen molar-refractivity contribution in [1.82, 2.24) is 4.90 Å². The highest BCUT2D eigenvalue weighted by Gasteiger charge is 2.37. The van der Waals surface area contributed by atoms with E-state index in [0.29, 0.717) is 5.75 Å². The highest BCUT2D eigenvalue weighted by Crippen LogP contribution is 2.41. The summed E-state index contributed by atoms with van der Waals surface area (Å²) in [5.74, 6) is 2.29. The predicted molar refractivity (Wildman–Crippen MR) is 109 cm³/mol. The molecular formula is C22H28N2O4. The summed E-state index contributed by atoms with van der Waals surface area (Å²) in [4.78, 5) is 4.76. The first-order chi connectivity index (χ1) is 13.7. The molecule has 2 atom stereocenters. The number of hydrogen-bond donors (Lipinski definition) is 1. The van der Waals surface area contributed by atoms with Crippen molar-refractivity contribution in [1.29, 1.82) is 0 Å². The molecule has 1 saturated heterocycles. The minimum absolute atomic E-state index is 0.0895. The first-order valence-corrected chi connectivity index (χ1v) is 9.71. The van der Waals surface area contributed by atoms with Crippen LogP contribution >= 0.6 is 0 Å². The van der Waals surface area contributed by atoms with Gasteiger partial charge in [-0.2, -0.15) is 0 Å². The topological polar surface area (TPSA) is 54.4 Å². The fourth-order valence-corrected chi connectivity index (χ4v) is 4.45. The maximum absolute atomic E-state index is 11.0. The van der Waals surface area contributed by atoms with Gasteiger partial charge in [-0.05, 0) is 41.8 Å². The zero-order chi connectivity index (χ0) is 19.7. The van der Waals surface area contributed by atoms with Gasteiger partial charge >= 0.3 is 0 Å². The molecule has 2 aromatic rings. The lowest BCUT2D eigenvalue weighted by Gasteiger charge is -2.40. The molecule has 2 aromatic carbocycles. The van der Waals surface area contributed by atoms with Crippen LogP contribution in [0.2, 0.25) is 0 Å². The van der Waals surface area contributed by atoms with Crippen molar-refractivity contribution in [2.45, 2.75) is 18.6 Å². The third kappa shape index (κ3) is 3.27. The van der Waals surface area contributed by atoms with E-state index in [1.807, 2.05) is 30.3 Å². The zero-order valence-corrected chi connectivity index (χ0v) is 16.7. The van der Waals surface area contributed by atoms with E-state index >= 15 is 0 Å². The molecule has 1 fully saturated rings. The molecule has 6 heteroatoms. The van der Waals surface area contributed by atoms with E-state index in [9.17, 15) is 5.11 Å². The molecule has 0 unspecified atom stereocenters. The molecule has 1 aliphatic carbocycles. The lowest BCUT2D eigenvalue weighted by Crippen LogP contribution is -2.51. The number of nitrogens with zero attached hydrogens (tertiary/aromatic N) is 2. The Labute approximate surface area is 166 Å². The maximum Gasteiger partial charge on any atom is 0.161 e. The second kappa shape index (κ2) is 7.89. The Balaban J connectivity index is 1.47. The number of fused-ring (bicyclic) bond motifs is 1. The molecule has 0 bridgehead atoms. The standard InChI is InChI=1S/C22H28N2O4/c1-26-19-7-5-4-6-17(19)23-8-10-24(11-9-23)18-12-15-13-20(27-2)21(28-3)14-16(15)22(18)25/h4-7,13-14,18,22,25H,8-12H2,1-3H3/t18-,22+/m0/s1. The van der Waals surface area contributed by atoms with Gasteiger partial charge in [-0.3, -0.25) is 4.90 Å². The Hall–Kier alpha value is -2.44. The molecule has 0 amide bonds. The van der Waals surface area contributed by atoms with Gasteiger partial charge in [-0.15, -0.1) is 0 Å². The number of rotatable bonds is 5. The Morgan fingerprint density at radius 3 is 2.18 bits per heavy atom. The SMILES string of the molecule is COc1cc2c(cc1OC)[C@@H](O)[C@@H](N1CCN(c3ccccc3OC)CC1)C2. The molecule has 0 radical (unpaired) electrons. The summed E-state index contributed by atoms with van der Waals surface area (Å²) in [6.07, 6.45) is 0.318. The number of aliphatic hydroxyl groups is 1. The Bertz CT molecular complexity index is 833. The van der Waals surface area contributed by atoms with E-state index in [2.05, 4.69) is 15.9 Å². The summed E-state index contributed by atoms with van der Waals surface area (Å²) in [5.41, 5.74) is 3.23. The minimum atomic E-state index is -0.507. The second-order valence-corrected chi connectivity index (χ2v) is 7.32. The highest BCUT2D eigenvalue weighted by molar-refractivity contribution is 5.58. The van der Waals surface area contributed by atoms with Gasteiger partial charge in [0, 0.05) is 32.2 Å². The Morgan fingerprint density at radius 2 is 1.50 bits per heavy atom. The van der Waals surface area contributed by atoms with Crippen LogP contribution in [0.1, 0.15) is 17.2 Å². The lowest BCUT2D eigenvalue weighted by molar-refractivity contribution is 0.0571. The fourth-order valence-electron chi connectivity index (χ4n) is 4.45. The first kappa shape index (κ1) is 18.9. The normalized spacial score (nSPS) is 22.1. The average Bonchev–Trinajstić information content (AvgIpc) is 3.08. The van der Waals surface area contributed by atoms with Crippen LogP contribution in [-0.2, 0) is 6.42 Å². The van der Waals surface area contributed by atoms with Crippen molar-refractivity contribution in [3.63, 3.8) is 0 Å². The number of aliphatic hydroxyl groups excluding tert-OH is 1. The van der Waals surface area contributed by atoms with Crippen LogP contribution in [0.5, 0.6) is 17.2 Å². The minimum Gasteiger partial charge on any atom is -0.495 e. The van der Waals surface area contributed by atoms with Gasteiger partial charge < -0.3 is 24.2 Å². The average molecular weight is 384 g/mol. The molecule has 1 heterocycles. The van der Waals surface area contributed by atoms with E-state index in [1.165, 1.54) is 0 Å².